The molecule has 1 unspecified atom stereocenters. The lowest BCUT2D eigenvalue weighted by Crippen LogP contribution is -2.03. The number of thiol groups is 1. The number of carbonyl (C=O) groups excluding carboxylic acids is 1. The van der Waals surface area contributed by atoms with Gasteiger partial charge in [0.25, 0.3) is 0 Å². The minimum Gasteiger partial charge on any atom is -0.298 e. The van der Waals surface area contributed by atoms with Crippen molar-refractivity contribution in [1.82, 2.24) is 0 Å². The summed E-state index contributed by atoms with van der Waals surface area (Å²) >= 11 is 7.09. The Balaban J connectivity index is 3.08. The highest BCUT2D eigenvalue weighted by molar-refractivity contribution is 9.09. The minimum atomic E-state index is -0.568. The maximum Gasteiger partial charge on any atom is 0.147 e. The van der Waals surface area contributed by atoms with E-state index in [4.69, 9.17) is 0 Å². The van der Waals surface area contributed by atoms with E-state index in [-0.39, 0.29) is 5.78 Å². The van der Waals surface area contributed by atoms with Crippen LogP contribution in [0.1, 0.15) is 17.3 Å². The molecule has 0 aromatic heterocycles. The smallest absolute Gasteiger partial charge is 0.147 e. The van der Waals surface area contributed by atoms with Crippen LogP contribution in [-0.4, -0.2) is 5.78 Å². The zero-order valence-electron chi connectivity index (χ0n) is 6.92. The van der Waals surface area contributed by atoms with Crippen LogP contribution in [0, 0.1) is 5.82 Å². The number of halogens is 2. The van der Waals surface area contributed by atoms with Crippen LogP contribution in [0.15, 0.2) is 23.1 Å². The summed E-state index contributed by atoms with van der Waals surface area (Å²) in [5.41, 5.74) is 0.352. The van der Waals surface area contributed by atoms with Gasteiger partial charge in [-0.25, -0.2) is 4.39 Å². The van der Waals surface area contributed by atoms with Gasteiger partial charge in [0.05, 0.1) is 0 Å². The number of rotatable bonds is 2. The number of Topliss-reactive ketones (excluding diaryl/α,β-unsaturated/α-hetero) is 1. The third-order valence-corrected chi connectivity index (χ3v) is 3.03. The Labute approximate surface area is 89.9 Å². The van der Waals surface area contributed by atoms with Crippen molar-refractivity contribution in [2.75, 3.05) is 0 Å². The number of carbonyl (C=O) groups is 1. The molecule has 0 radical (unpaired) electrons. The predicted molar refractivity (Wildman–Crippen MR) is 56.0 cm³/mol. The Morgan fingerprint density at radius 3 is 2.69 bits per heavy atom. The van der Waals surface area contributed by atoms with Crippen molar-refractivity contribution in [2.45, 2.75) is 16.6 Å². The molecule has 70 valence electrons. The van der Waals surface area contributed by atoms with Crippen molar-refractivity contribution in [2.24, 2.45) is 0 Å². The Morgan fingerprint density at radius 1 is 1.62 bits per heavy atom. The highest BCUT2D eigenvalue weighted by Crippen LogP contribution is 2.27. The monoisotopic (exact) mass is 262 g/mol. The quantitative estimate of drug-likeness (QED) is 0.640. The van der Waals surface area contributed by atoms with E-state index in [2.05, 4.69) is 28.6 Å². The minimum absolute atomic E-state index is 0.120. The van der Waals surface area contributed by atoms with Crippen LogP contribution in [0.25, 0.3) is 0 Å². The summed E-state index contributed by atoms with van der Waals surface area (Å²) in [5.74, 6) is -0.532. The van der Waals surface area contributed by atoms with Gasteiger partial charge in [-0.05, 0) is 19.1 Å². The van der Waals surface area contributed by atoms with E-state index in [1.807, 2.05) is 0 Å². The van der Waals surface area contributed by atoms with E-state index in [1.54, 1.807) is 12.1 Å². The van der Waals surface area contributed by atoms with E-state index in [0.29, 0.717) is 10.5 Å². The Kier molecular flexibility index (Phi) is 3.50. The molecule has 1 nitrogen and oxygen atoms in total. The van der Waals surface area contributed by atoms with Crippen molar-refractivity contribution in [3.8, 4) is 0 Å². The average molecular weight is 263 g/mol. The number of hydrogen-bond donors (Lipinski definition) is 1. The molecule has 0 aliphatic carbocycles. The zero-order valence-corrected chi connectivity index (χ0v) is 9.40. The van der Waals surface area contributed by atoms with Crippen LogP contribution in [0.2, 0.25) is 0 Å². The van der Waals surface area contributed by atoms with Gasteiger partial charge in [0.2, 0.25) is 0 Å². The number of alkyl halides is 1. The first-order chi connectivity index (χ1) is 6.02. The van der Waals surface area contributed by atoms with Gasteiger partial charge in [-0.1, -0.05) is 22.0 Å². The van der Waals surface area contributed by atoms with Crippen LogP contribution in [0.3, 0.4) is 0 Å². The Hall–Kier alpha value is -0.350. The lowest BCUT2D eigenvalue weighted by Gasteiger charge is -2.07. The fourth-order valence-electron chi connectivity index (χ4n) is 0.941. The Morgan fingerprint density at radius 2 is 2.23 bits per heavy atom. The van der Waals surface area contributed by atoms with Gasteiger partial charge in [0, 0.05) is 10.5 Å². The van der Waals surface area contributed by atoms with Crippen molar-refractivity contribution < 1.29 is 9.18 Å². The summed E-state index contributed by atoms with van der Waals surface area (Å²) in [5, 5.41) is 0. The molecule has 1 rings (SSSR count). The van der Waals surface area contributed by atoms with Crippen LogP contribution in [-0.2, 0) is 4.79 Å². The molecule has 0 bridgehead atoms. The van der Waals surface area contributed by atoms with Gasteiger partial charge in [-0.15, -0.1) is 12.6 Å². The average Bonchev–Trinajstić information content (AvgIpc) is 2.03. The molecule has 4 heteroatoms. The SMILES string of the molecule is CC(=O)C(Br)c1ccc(S)cc1F. The van der Waals surface area contributed by atoms with E-state index >= 15 is 0 Å². The molecule has 0 saturated carbocycles. The van der Waals surface area contributed by atoms with Crippen molar-refractivity contribution in [3.05, 3.63) is 29.6 Å². The van der Waals surface area contributed by atoms with Crippen molar-refractivity contribution in [3.63, 3.8) is 0 Å². The number of benzene rings is 1. The highest BCUT2D eigenvalue weighted by Gasteiger charge is 2.16. The summed E-state index contributed by atoms with van der Waals surface area (Å²) in [6, 6.07) is 4.49. The molecule has 0 spiro atoms. The van der Waals surface area contributed by atoms with Crippen LogP contribution >= 0.6 is 28.6 Å². The number of hydrogen-bond acceptors (Lipinski definition) is 2. The molecule has 0 fully saturated rings. The zero-order chi connectivity index (χ0) is 10.0. The van der Waals surface area contributed by atoms with Crippen LogP contribution in [0.4, 0.5) is 4.39 Å². The van der Waals surface area contributed by atoms with Gasteiger partial charge in [0.15, 0.2) is 0 Å². The second-order valence-electron chi connectivity index (χ2n) is 2.68. The summed E-state index contributed by atoms with van der Waals surface area (Å²) in [6.07, 6.45) is 0. The fourth-order valence-corrected chi connectivity index (χ4v) is 1.50. The van der Waals surface area contributed by atoms with E-state index in [0.717, 1.165) is 0 Å². The lowest BCUT2D eigenvalue weighted by molar-refractivity contribution is -0.116. The molecule has 0 aliphatic rings. The largest absolute Gasteiger partial charge is 0.298 e. The molecule has 1 aromatic carbocycles. The molecule has 0 heterocycles. The first-order valence-electron chi connectivity index (χ1n) is 3.65. The van der Waals surface area contributed by atoms with Crippen molar-refractivity contribution in [1.29, 1.82) is 0 Å². The normalized spacial score (nSPS) is 12.6. The fraction of sp³-hybridized carbons (Fsp3) is 0.222. The van der Waals surface area contributed by atoms with Crippen molar-refractivity contribution >= 4 is 34.3 Å². The van der Waals surface area contributed by atoms with Gasteiger partial charge in [-0.3, -0.25) is 4.79 Å². The van der Waals surface area contributed by atoms with E-state index in [1.165, 1.54) is 13.0 Å². The third kappa shape index (κ3) is 2.54. The number of ketones is 1. The van der Waals surface area contributed by atoms with Gasteiger partial charge >= 0.3 is 0 Å². The maximum atomic E-state index is 13.2. The molecule has 1 atom stereocenters. The third-order valence-electron chi connectivity index (χ3n) is 1.61. The van der Waals surface area contributed by atoms with E-state index in [9.17, 15) is 9.18 Å². The molecular weight excluding hydrogens is 255 g/mol. The summed E-state index contributed by atoms with van der Waals surface area (Å²) in [4.78, 5) is 10.9. The maximum absolute atomic E-state index is 13.2. The molecule has 13 heavy (non-hydrogen) atoms. The lowest BCUT2D eigenvalue weighted by atomic mass is 10.1. The molecule has 0 N–H and O–H groups in total. The molecule has 0 amide bonds. The first kappa shape index (κ1) is 10.7. The van der Waals surface area contributed by atoms with Gasteiger partial charge < -0.3 is 0 Å². The van der Waals surface area contributed by atoms with Gasteiger partial charge in [0.1, 0.15) is 16.4 Å². The first-order valence-corrected chi connectivity index (χ1v) is 5.01. The second kappa shape index (κ2) is 4.24. The summed E-state index contributed by atoms with van der Waals surface area (Å²) in [7, 11) is 0. The standard InChI is InChI=1S/C9H8BrFOS/c1-5(12)9(10)7-3-2-6(13)4-8(7)11/h2-4,9,13H,1H3. The summed E-state index contributed by atoms with van der Waals surface area (Å²) < 4.78 is 13.2. The molecule has 0 aliphatic heterocycles. The molecular formula is C9H8BrFOS. The summed E-state index contributed by atoms with van der Waals surface area (Å²) in [6.45, 7) is 1.41. The molecule has 0 saturated heterocycles. The molecule has 1 aromatic rings. The topological polar surface area (TPSA) is 17.1 Å². The highest BCUT2D eigenvalue weighted by atomic mass is 79.9. The van der Waals surface area contributed by atoms with Crippen LogP contribution < -0.4 is 0 Å². The van der Waals surface area contributed by atoms with E-state index < -0.39 is 10.6 Å². The van der Waals surface area contributed by atoms with Gasteiger partial charge in [-0.2, -0.15) is 0 Å². The predicted octanol–water partition coefficient (Wildman–Crippen LogP) is 3.14. The van der Waals surface area contributed by atoms with Crippen LogP contribution in [0.5, 0.6) is 0 Å². The Bertz CT molecular complexity index is 340. The second-order valence-corrected chi connectivity index (χ2v) is 4.11.